The first-order chi connectivity index (χ1) is 18.3. The number of benzene rings is 4. The molecule has 0 spiro atoms. The molecule has 0 unspecified atom stereocenters. The van der Waals surface area contributed by atoms with Crippen LogP contribution in [0.15, 0.2) is 114 Å². The van der Waals surface area contributed by atoms with Gasteiger partial charge in [0.05, 0.1) is 27.9 Å². The summed E-state index contributed by atoms with van der Waals surface area (Å²) < 4.78 is 41.3. The van der Waals surface area contributed by atoms with Crippen molar-refractivity contribution in [3.8, 4) is 0 Å². The predicted molar refractivity (Wildman–Crippen MR) is 145 cm³/mol. The number of halogens is 1. The lowest BCUT2D eigenvalue weighted by molar-refractivity contribution is -0.114. The van der Waals surface area contributed by atoms with Crippen molar-refractivity contribution in [1.29, 1.82) is 0 Å². The molecule has 0 heterocycles. The molecule has 4 rings (SSSR count). The molecule has 7 nitrogen and oxygen atoms in total. The predicted octanol–water partition coefficient (Wildman–Crippen LogP) is 5.15. The van der Waals surface area contributed by atoms with Crippen molar-refractivity contribution in [3.05, 3.63) is 126 Å². The molecule has 9 heteroatoms. The molecule has 0 aliphatic heterocycles. The second-order valence-corrected chi connectivity index (χ2v) is 10.4. The van der Waals surface area contributed by atoms with Crippen molar-refractivity contribution in [3.63, 3.8) is 0 Å². The number of sulfonamides is 1. The van der Waals surface area contributed by atoms with E-state index in [1.165, 1.54) is 24.3 Å². The summed E-state index contributed by atoms with van der Waals surface area (Å²) in [6.45, 7) is 1.25. The average Bonchev–Trinajstić information content (AvgIpc) is 2.93. The molecule has 0 aliphatic rings. The first-order valence-electron chi connectivity index (χ1n) is 11.8. The van der Waals surface area contributed by atoms with Crippen LogP contribution in [0.2, 0.25) is 0 Å². The quantitative estimate of drug-likeness (QED) is 0.312. The van der Waals surface area contributed by atoms with Crippen LogP contribution in [0.25, 0.3) is 0 Å². The molecule has 2 amide bonds. The van der Waals surface area contributed by atoms with Crippen LogP contribution in [-0.4, -0.2) is 26.8 Å². The molecule has 4 aromatic carbocycles. The molecule has 194 valence electrons. The third-order valence-corrected chi connectivity index (χ3v) is 7.61. The normalized spacial score (nSPS) is 11.8. The zero-order valence-electron chi connectivity index (χ0n) is 20.5. The summed E-state index contributed by atoms with van der Waals surface area (Å²) in [6.07, 6.45) is 0. The fourth-order valence-electron chi connectivity index (χ4n) is 3.85. The minimum absolute atomic E-state index is 0.0215. The molecule has 2 N–H and O–H groups in total. The van der Waals surface area contributed by atoms with Gasteiger partial charge < -0.3 is 10.6 Å². The van der Waals surface area contributed by atoms with E-state index in [1.54, 1.807) is 42.5 Å². The van der Waals surface area contributed by atoms with Gasteiger partial charge in [-0.3, -0.25) is 13.9 Å². The maximum atomic E-state index is 13.6. The highest BCUT2D eigenvalue weighted by atomic mass is 32.2. The van der Waals surface area contributed by atoms with E-state index < -0.39 is 34.2 Å². The van der Waals surface area contributed by atoms with Crippen LogP contribution in [0.3, 0.4) is 0 Å². The number of anilines is 2. The minimum atomic E-state index is -4.16. The lowest BCUT2D eigenvalue weighted by Gasteiger charge is -2.24. The maximum Gasteiger partial charge on any atom is 0.264 e. The summed E-state index contributed by atoms with van der Waals surface area (Å²) in [5.41, 5.74) is 1.49. The van der Waals surface area contributed by atoms with Crippen LogP contribution in [0.5, 0.6) is 0 Å². The Morgan fingerprint density at radius 2 is 1.39 bits per heavy atom. The van der Waals surface area contributed by atoms with Crippen LogP contribution in [0.1, 0.15) is 28.9 Å². The number of amides is 2. The third-order valence-electron chi connectivity index (χ3n) is 5.83. The van der Waals surface area contributed by atoms with Gasteiger partial charge in [0.25, 0.3) is 15.9 Å². The fraction of sp³-hybridized carbons (Fsp3) is 0.103. The van der Waals surface area contributed by atoms with Crippen molar-refractivity contribution >= 4 is 33.2 Å². The summed E-state index contributed by atoms with van der Waals surface area (Å²) in [5.74, 6) is -1.62. The summed E-state index contributed by atoms with van der Waals surface area (Å²) in [7, 11) is -4.16. The first-order valence-corrected chi connectivity index (χ1v) is 13.3. The Bertz CT molecular complexity index is 1510. The van der Waals surface area contributed by atoms with E-state index in [2.05, 4.69) is 10.6 Å². The van der Waals surface area contributed by atoms with Crippen molar-refractivity contribution < 1.29 is 22.4 Å². The van der Waals surface area contributed by atoms with Crippen molar-refractivity contribution in [2.24, 2.45) is 0 Å². The first kappa shape index (κ1) is 26.6. The molecular formula is C29H26FN3O4S. The van der Waals surface area contributed by atoms with Gasteiger partial charge in [0, 0.05) is 0 Å². The third kappa shape index (κ3) is 6.24. The summed E-state index contributed by atoms with van der Waals surface area (Å²) >= 11 is 0. The fourth-order valence-corrected chi connectivity index (χ4v) is 5.29. The van der Waals surface area contributed by atoms with E-state index in [0.29, 0.717) is 0 Å². The van der Waals surface area contributed by atoms with Gasteiger partial charge >= 0.3 is 0 Å². The number of para-hydroxylation sites is 1. The maximum absolute atomic E-state index is 13.6. The molecular weight excluding hydrogens is 505 g/mol. The number of nitrogens with zero attached hydrogens (tertiary/aromatic N) is 1. The molecule has 38 heavy (non-hydrogen) atoms. The lowest BCUT2D eigenvalue weighted by Crippen LogP contribution is -2.38. The van der Waals surface area contributed by atoms with E-state index in [4.69, 9.17) is 0 Å². The Labute approximate surface area is 221 Å². The zero-order valence-corrected chi connectivity index (χ0v) is 21.4. The standard InChI is InChI=1S/C29H26FN3O4S/c1-21(22-10-4-2-5-11-22)31-29(35)26-14-8-9-15-27(26)32-28(34)20-33(24-18-16-23(30)17-19-24)38(36,37)25-12-6-3-7-13-25/h2-19,21H,20H2,1H3,(H,31,35)(H,32,34)/t21-/m1/s1. The lowest BCUT2D eigenvalue weighted by atomic mass is 10.1. The molecule has 4 aromatic rings. The van der Waals surface area contributed by atoms with Gasteiger partial charge in [-0.25, -0.2) is 12.8 Å². The van der Waals surface area contributed by atoms with E-state index >= 15 is 0 Å². The molecule has 0 saturated heterocycles. The SMILES string of the molecule is C[C@@H](NC(=O)c1ccccc1NC(=O)CN(c1ccc(F)cc1)S(=O)(=O)c1ccccc1)c1ccccc1. The highest BCUT2D eigenvalue weighted by molar-refractivity contribution is 7.92. The molecule has 0 bridgehead atoms. The highest BCUT2D eigenvalue weighted by Crippen LogP contribution is 2.25. The van der Waals surface area contributed by atoms with Gasteiger partial charge in [-0.1, -0.05) is 60.7 Å². The van der Waals surface area contributed by atoms with E-state index in [0.717, 1.165) is 22.0 Å². The Balaban J connectivity index is 1.57. The highest BCUT2D eigenvalue weighted by Gasteiger charge is 2.27. The Hall–Kier alpha value is -4.50. The number of hydrogen-bond donors (Lipinski definition) is 2. The molecule has 1 atom stereocenters. The second kappa shape index (κ2) is 11.7. The number of carbonyl (C=O) groups is 2. The molecule has 0 saturated carbocycles. The molecule has 0 aliphatic carbocycles. The minimum Gasteiger partial charge on any atom is -0.345 e. The molecule has 0 fully saturated rings. The second-order valence-electron chi connectivity index (χ2n) is 8.50. The van der Waals surface area contributed by atoms with Gasteiger partial charge in [0.15, 0.2) is 0 Å². The van der Waals surface area contributed by atoms with Gasteiger partial charge in [0.1, 0.15) is 12.4 Å². The van der Waals surface area contributed by atoms with E-state index in [9.17, 15) is 22.4 Å². The van der Waals surface area contributed by atoms with Crippen LogP contribution in [0, 0.1) is 5.82 Å². The number of nitrogens with one attached hydrogen (secondary N) is 2. The van der Waals surface area contributed by atoms with Gasteiger partial charge in [-0.2, -0.15) is 0 Å². The molecule has 0 radical (unpaired) electrons. The number of carbonyl (C=O) groups excluding carboxylic acids is 2. The van der Waals surface area contributed by atoms with Gasteiger partial charge in [-0.15, -0.1) is 0 Å². The van der Waals surface area contributed by atoms with E-state index in [1.807, 2.05) is 37.3 Å². The monoisotopic (exact) mass is 531 g/mol. The van der Waals surface area contributed by atoms with Gasteiger partial charge in [-0.05, 0) is 61.0 Å². The molecule has 0 aromatic heterocycles. The topological polar surface area (TPSA) is 95.6 Å². The summed E-state index contributed by atoms with van der Waals surface area (Å²) in [6, 6.07) is 28.1. The van der Waals surface area contributed by atoms with Crippen LogP contribution in [-0.2, 0) is 14.8 Å². The van der Waals surface area contributed by atoms with Crippen LogP contribution >= 0.6 is 0 Å². The Kier molecular flexibility index (Phi) is 8.18. The van der Waals surface area contributed by atoms with Gasteiger partial charge in [0.2, 0.25) is 5.91 Å². The van der Waals surface area contributed by atoms with E-state index in [-0.39, 0.29) is 27.9 Å². The summed E-state index contributed by atoms with van der Waals surface area (Å²) in [5, 5.41) is 5.57. The van der Waals surface area contributed by atoms with Crippen LogP contribution < -0.4 is 14.9 Å². The average molecular weight is 532 g/mol. The van der Waals surface area contributed by atoms with Crippen molar-refractivity contribution in [2.75, 3.05) is 16.2 Å². The van der Waals surface area contributed by atoms with Crippen molar-refractivity contribution in [1.82, 2.24) is 5.32 Å². The smallest absolute Gasteiger partial charge is 0.264 e. The zero-order chi connectivity index (χ0) is 27.1. The number of rotatable bonds is 9. The Morgan fingerprint density at radius 3 is 2.05 bits per heavy atom. The largest absolute Gasteiger partial charge is 0.345 e. The number of hydrogen-bond acceptors (Lipinski definition) is 4. The summed E-state index contributed by atoms with van der Waals surface area (Å²) in [4.78, 5) is 26.2. The Morgan fingerprint density at radius 1 is 0.816 bits per heavy atom. The van der Waals surface area contributed by atoms with Crippen molar-refractivity contribution in [2.45, 2.75) is 17.9 Å². The van der Waals surface area contributed by atoms with Crippen LogP contribution in [0.4, 0.5) is 15.8 Å².